The van der Waals surface area contributed by atoms with Crippen molar-refractivity contribution in [3.63, 3.8) is 0 Å². The Balaban J connectivity index is 1.86. The lowest BCUT2D eigenvalue weighted by molar-refractivity contribution is -0.0358. The van der Waals surface area contributed by atoms with Gasteiger partial charge in [-0.25, -0.2) is 4.98 Å². The number of rotatable bonds is 3. The minimum Gasteiger partial charge on any atom is -0.374 e. The maximum absolute atomic E-state index is 5.65. The van der Waals surface area contributed by atoms with E-state index >= 15 is 0 Å². The summed E-state index contributed by atoms with van der Waals surface area (Å²) < 4.78 is 7.48. The van der Waals surface area contributed by atoms with Gasteiger partial charge in [0.2, 0.25) is 0 Å². The van der Waals surface area contributed by atoms with Crippen LogP contribution >= 0.6 is 0 Å². The van der Waals surface area contributed by atoms with Crippen molar-refractivity contribution < 1.29 is 4.74 Å². The normalized spacial score (nSPS) is 23.9. The van der Waals surface area contributed by atoms with E-state index in [9.17, 15) is 0 Å². The first-order valence-electron chi connectivity index (χ1n) is 5.05. The van der Waals surface area contributed by atoms with Gasteiger partial charge in [-0.1, -0.05) is 6.92 Å². The number of nitrogens with zero attached hydrogens (tertiary/aromatic N) is 4. The van der Waals surface area contributed by atoms with Gasteiger partial charge in [0.1, 0.15) is 12.7 Å². The Kier molecular flexibility index (Phi) is 3.10. The van der Waals surface area contributed by atoms with Gasteiger partial charge in [0.05, 0.1) is 19.3 Å². The lowest BCUT2D eigenvalue weighted by Crippen LogP contribution is -2.44. The summed E-state index contributed by atoms with van der Waals surface area (Å²) in [7, 11) is 0. The number of aromatic nitrogens is 3. The summed E-state index contributed by atoms with van der Waals surface area (Å²) >= 11 is 0. The zero-order valence-corrected chi connectivity index (χ0v) is 8.46. The first-order chi connectivity index (χ1) is 6.88. The second-order valence-electron chi connectivity index (χ2n) is 3.50. The molecule has 1 unspecified atom stereocenters. The van der Waals surface area contributed by atoms with Crippen molar-refractivity contribution in [2.75, 3.05) is 26.2 Å². The van der Waals surface area contributed by atoms with Gasteiger partial charge in [-0.05, 0) is 6.54 Å². The molecule has 1 saturated heterocycles. The first-order valence-corrected chi connectivity index (χ1v) is 5.05. The molecule has 5 nitrogen and oxygen atoms in total. The van der Waals surface area contributed by atoms with Gasteiger partial charge in [-0.15, -0.1) is 0 Å². The monoisotopic (exact) mass is 196 g/mol. The van der Waals surface area contributed by atoms with E-state index < -0.39 is 0 Å². The van der Waals surface area contributed by atoms with Crippen molar-refractivity contribution >= 4 is 0 Å². The molecule has 1 fully saturated rings. The molecule has 0 saturated carbocycles. The molecule has 0 aliphatic carbocycles. The molecule has 0 radical (unpaired) electrons. The van der Waals surface area contributed by atoms with E-state index in [1.807, 2.05) is 4.68 Å². The van der Waals surface area contributed by atoms with Crippen LogP contribution in [0, 0.1) is 0 Å². The molecule has 0 amide bonds. The van der Waals surface area contributed by atoms with Crippen LogP contribution in [0.3, 0.4) is 0 Å². The highest BCUT2D eigenvalue weighted by Crippen LogP contribution is 2.06. The average Bonchev–Trinajstić information content (AvgIpc) is 2.71. The summed E-state index contributed by atoms with van der Waals surface area (Å²) in [5, 5.41) is 4.07. The van der Waals surface area contributed by atoms with Crippen molar-refractivity contribution in [1.29, 1.82) is 0 Å². The fourth-order valence-electron chi connectivity index (χ4n) is 1.71. The third-order valence-corrected chi connectivity index (χ3v) is 2.53. The minimum absolute atomic E-state index is 0.255. The Morgan fingerprint density at radius 3 is 3.21 bits per heavy atom. The molecule has 0 aromatic carbocycles. The highest BCUT2D eigenvalue weighted by atomic mass is 16.5. The minimum atomic E-state index is 0.255. The van der Waals surface area contributed by atoms with Crippen molar-refractivity contribution in [3.05, 3.63) is 12.7 Å². The van der Waals surface area contributed by atoms with Crippen molar-refractivity contribution in [1.82, 2.24) is 19.7 Å². The number of hydrogen-bond acceptors (Lipinski definition) is 4. The molecule has 2 rings (SSSR count). The van der Waals surface area contributed by atoms with Crippen LogP contribution in [0.25, 0.3) is 0 Å². The van der Waals surface area contributed by atoms with Gasteiger partial charge in [-0.2, -0.15) is 5.10 Å². The molecule has 2 heterocycles. The second kappa shape index (κ2) is 4.52. The number of likely N-dealkylation sites (N-methyl/N-ethyl adjacent to an activating group) is 1. The molecule has 5 heteroatoms. The Hall–Kier alpha value is -0.940. The molecule has 0 spiro atoms. The fraction of sp³-hybridized carbons (Fsp3) is 0.778. The first kappa shape index (κ1) is 9.61. The number of morpholine rings is 1. The molecule has 14 heavy (non-hydrogen) atoms. The van der Waals surface area contributed by atoms with Crippen LogP contribution in [0.5, 0.6) is 0 Å². The zero-order chi connectivity index (χ0) is 9.80. The smallest absolute Gasteiger partial charge is 0.137 e. The third kappa shape index (κ3) is 2.30. The molecule has 1 atom stereocenters. The molecular weight excluding hydrogens is 180 g/mol. The van der Waals surface area contributed by atoms with Crippen LogP contribution in [0.2, 0.25) is 0 Å². The Morgan fingerprint density at radius 2 is 2.50 bits per heavy atom. The van der Waals surface area contributed by atoms with Crippen LogP contribution in [0.4, 0.5) is 0 Å². The largest absolute Gasteiger partial charge is 0.374 e. The van der Waals surface area contributed by atoms with Crippen molar-refractivity contribution in [2.24, 2.45) is 0 Å². The van der Waals surface area contributed by atoms with Crippen LogP contribution in [-0.4, -0.2) is 52.0 Å². The summed E-state index contributed by atoms with van der Waals surface area (Å²) in [6.45, 7) is 6.94. The van der Waals surface area contributed by atoms with Crippen LogP contribution in [0.15, 0.2) is 12.7 Å². The third-order valence-electron chi connectivity index (χ3n) is 2.53. The lowest BCUT2D eigenvalue weighted by atomic mass is 10.2. The van der Waals surface area contributed by atoms with Crippen LogP contribution in [0.1, 0.15) is 6.92 Å². The Morgan fingerprint density at radius 1 is 1.57 bits per heavy atom. The van der Waals surface area contributed by atoms with Gasteiger partial charge in [0, 0.05) is 13.1 Å². The zero-order valence-electron chi connectivity index (χ0n) is 8.46. The molecule has 1 aliphatic rings. The standard InChI is InChI=1S/C9H16N4O/c1-2-12-3-4-14-9(5-12)6-13-8-10-7-11-13/h7-9H,2-6H2,1H3. The van der Waals surface area contributed by atoms with Gasteiger partial charge >= 0.3 is 0 Å². The summed E-state index contributed by atoms with van der Waals surface area (Å²) in [5.74, 6) is 0. The fourth-order valence-corrected chi connectivity index (χ4v) is 1.71. The van der Waals surface area contributed by atoms with Gasteiger partial charge in [0.25, 0.3) is 0 Å². The number of ether oxygens (including phenoxy) is 1. The number of hydrogen-bond donors (Lipinski definition) is 0. The van der Waals surface area contributed by atoms with E-state index in [4.69, 9.17) is 4.74 Å². The van der Waals surface area contributed by atoms with E-state index in [1.54, 1.807) is 12.7 Å². The summed E-state index contributed by atoms with van der Waals surface area (Å²) in [6, 6.07) is 0. The van der Waals surface area contributed by atoms with E-state index in [1.165, 1.54) is 0 Å². The van der Waals surface area contributed by atoms with Crippen LogP contribution in [-0.2, 0) is 11.3 Å². The van der Waals surface area contributed by atoms with Crippen LogP contribution < -0.4 is 0 Å². The lowest BCUT2D eigenvalue weighted by Gasteiger charge is -2.31. The molecule has 1 aliphatic heterocycles. The highest BCUT2D eigenvalue weighted by Gasteiger charge is 2.19. The van der Waals surface area contributed by atoms with E-state index in [-0.39, 0.29) is 6.10 Å². The van der Waals surface area contributed by atoms with E-state index in [2.05, 4.69) is 21.9 Å². The SMILES string of the molecule is CCN1CCOC(Cn2cncn2)C1. The molecule has 78 valence electrons. The van der Waals surface area contributed by atoms with Gasteiger partial charge < -0.3 is 4.74 Å². The van der Waals surface area contributed by atoms with Gasteiger partial charge in [-0.3, -0.25) is 9.58 Å². The summed E-state index contributed by atoms with van der Waals surface area (Å²) in [4.78, 5) is 6.30. The van der Waals surface area contributed by atoms with Crippen molar-refractivity contribution in [2.45, 2.75) is 19.6 Å². The predicted octanol–water partition coefficient (Wildman–Crippen LogP) is -0.00120. The quantitative estimate of drug-likeness (QED) is 0.682. The molecule has 1 aromatic heterocycles. The summed E-state index contributed by atoms with van der Waals surface area (Å²) in [6.07, 6.45) is 3.54. The molecule has 1 aromatic rings. The topological polar surface area (TPSA) is 43.2 Å². The molecule has 0 N–H and O–H groups in total. The van der Waals surface area contributed by atoms with Crippen molar-refractivity contribution in [3.8, 4) is 0 Å². The highest BCUT2D eigenvalue weighted by molar-refractivity contribution is 4.71. The Labute approximate surface area is 83.7 Å². The molecule has 0 bridgehead atoms. The predicted molar refractivity (Wildman–Crippen MR) is 51.9 cm³/mol. The average molecular weight is 196 g/mol. The second-order valence-corrected chi connectivity index (χ2v) is 3.50. The van der Waals surface area contributed by atoms with E-state index in [0.717, 1.165) is 32.8 Å². The van der Waals surface area contributed by atoms with Gasteiger partial charge in [0.15, 0.2) is 0 Å². The summed E-state index contributed by atoms with van der Waals surface area (Å²) in [5.41, 5.74) is 0. The maximum Gasteiger partial charge on any atom is 0.137 e. The maximum atomic E-state index is 5.65. The van der Waals surface area contributed by atoms with E-state index in [0.29, 0.717) is 0 Å². The molecular formula is C9H16N4O. The Bertz CT molecular complexity index is 262.